The number of hydrogen-bond donors (Lipinski definition) is 1. The maximum absolute atomic E-state index is 11.8. The van der Waals surface area contributed by atoms with Crippen LogP contribution in [0, 0.1) is 5.92 Å². The normalized spacial score (nSPS) is 20.9. The van der Waals surface area contributed by atoms with Crippen molar-refractivity contribution < 1.29 is 13.2 Å². The summed E-state index contributed by atoms with van der Waals surface area (Å²) in [6.07, 6.45) is 0.241. The Morgan fingerprint density at radius 1 is 1.29 bits per heavy atom. The summed E-state index contributed by atoms with van der Waals surface area (Å²) in [5.74, 6) is -0.398. The zero-order chi connectivity index (χ0) is 12.5. The third-order valence-electron chi connectivity index (χ3n) is 2.74. The van der Waals surface area contributed by atoms with Gasteiger partial charge in [-0.15, -0.1) is 0 Å². The van der Waals surface area contributed by atoms with Crippen LogP contribution in [-0.4, -0.2) is 26.6 Å². The Morgan fingerprint density at radius 2 is 1.94 bits per heavy atom. The van der Waals surface area contributed by atoms with Crippen LogP contribution >= 0.6 is 0 Å². The second kappa shape index (κ2) is 4.46. The number of para-hydroxylation sites is 1. The van der Waals surface area contributed by atoms with Crippen LogP contribution in [0.15, 0.2) is 30.3 Å². The van der Waals surface area contributed by atoms with E-state index in [0.29, 0.717) is 6.54 Å². The molecule has 0 bridgehead atoms. The number of carbonyl (C=O) groups excluding carboxylic acids is 1. The predicted octanol–water partition coefficient (Wildman–Crippen LogP) is 0.328. The molecule has 1 atom stereocenters. The van der Waals surface area contributed by atoms with Gasteiger partial charge in [-0.25, -0.2) is 13.6 Å². The maximum Gasteiger partial charge on any atom is 0.227 e. The average Bonchev–Trinajstić information content (AvgIpc) is 2.58. The fourth-order valence-electron chi connectivity index (χ4n) is 2.08. The minimum atomic E-state index is -3.52. The van der Waals surface area contributed by atoms with Crippen molar-refractivity contribution >= 4 is 21.6 Å². The Balaban J connectivity index is 2.11. The molecule has 17 heavy (non-hydrogen) atoms. The molecule has 0 aromatic heterocycles. The molecule has 5 nitrogen and oxygen atoms in total. The van der Waals surface area contributed by atoms with Crippen LogP contribution in [0.5, 0.6) is 0 Å². The Kier molecular flexibility index (Phi) is 3.17. The number of rotatable bonds is 3. The quantitative estimate of drug-likeness (QED) is 0.844. The average molecular weight is 254 g/mol. The molecule has 0 saturated carbocycles. The first-order chi connectivity index (χ1) is 7.96. The lowest BCUT2D eigenvalue weighted by Gasteiger charge is -2.16. The van der Waals surface area contributed by atoms with Crippen LogP contribution in [-0.2, 0) is 14.8 Å². The van der Waals surface area contributed by atoms with Crippen LogP contribution in [0.2, 0.25) is 0 Å². The minimum Gasteiger partial charge on any atom is -0.312 e. The standard InChI is InChI=1S/C11H14N2O3S/c12-17(15,16)8-9-6-11(14)13(7-9)10-4-2-1-3-5-10/h1-5,9H,6-8H2,(H2,12,15,16). The van der Waals surface area contributed by atoms with Gasteiger partial charge >= 0.3 is 0 Å². The van der Waals surface area contributed by atoms with Gasteiger partial charge in [0.1, 0.15) is 0 Å². The number of sulfonamides is 1. The number of anilines is 1. The van der Waals surface area contributed by atoms with Gasteiger partial charge in [-0.05, 0) is 12.1 Å². The Morgan fingerprint density at radius 3 is 2.53 bits per heavy atom. The number of carbonyl (C=O) groups is 1. The molecule has 1 aliphatic rings. The van der Waals surface area contributed by atoms with Crippen LogP contribution in [0.3, 0.4) is 0 Å². The number of hydrogen-bond acceptors (Lipinski definition) is 3. The largest absolute Gasteiger partial charge is 0.312 e. The van der Waals surface area contributed by atoms with E-state index in [-0.39, 0.29) is 24.0 Å². The van der Waals surface area contributed by atoms with Crippen molar-refractivity contribution in [1.29, 1.82) is 0 Å². The molecular formula is C11H14N2O3S. The molecule has 0 spiro atoms. The topological polar surface area (TPSA) is 80.5 Å². The smallest absolute Gasteiger partial charge is 0.227 e. The molecule has 6 heteroatoms. The Labute approximate surface area is 100 Å². The fraction of sp³-hybridized carbons (Fsp3) is 0.364. The third kappa shape index (κ3) is 3.04. The number of nitrogens with zero attached hydrogens (tertiary/aromatic N) is 1. The van der Waals surface area contributed by atoms with Crippen LogP contribution in [0.25, 0.3) is 0 Å². The van der Waals surface area contributed by atoms with Crippen molar-refractivity contribution in [2.45, 2.75) is 6.42 Å². The van der Waals surface area contributed by atoms with Gasteiger partial charge in [0, 0.05) is 24.6 Å². The van der Waals surface area contributed by atoms with Gasteiger partial charge in [0.2, 0.25) is 15.9 Å². The second-order valence-corrected chi connectivity index (χ2v) is 5.90. The van der Waals surface area contributed by atoms with Gasteiger partial charge in [0.05, 0.1) is 5.75 Å². The summed E-state index contributed by atoms with van der Waals surface area (Å²) in [6.45, 7) is 0.416. The highest BCUT2D eigenvalue weighted by Crippen LogP contribution is 2.25. The Bertz CT molecular complexity index is 513. The van der Waals surface area contributed by atoms with E-state index in [1.807, 2.05) is 30.3 Å². The zero-order valence-corrected chi connectivity index (χ0v) is 10.1. The van der Waals surface area contributed by atoms with E-state index in [1.54, 1.807) is 4.90 Å². The van der Waals surface area contributed by atoms with E-state index in [2.05, 4.69) is 0 Å². The van der Waals surface area contributed by atoms with E-state index in [9.17, 15) is 13.2 Å². The second-order valence-electron chi connectivity index (χ2n) is 4.24. The minimum absolute atomic E-state index is 0.0511. The third-order valence-corrected chi connectivity index (χ3v) is 3.68. The summed E-state index contributed by atoms with van der Waals surface area (Å²) in [7, 11) is -3.52. The van der Waals surface area contributed by atoms with Crippen molar-refractivity contribution in [3.8, 4) is 0 Å². The summed E-state index contributed by atoms with van der Waals surface area (Å²) >= 11 is 0. The van der Waals surface area contributed by atoms with Gasteiger partial charge in [-0.3, -0.25) is 4.79 Å². The monoisotopic (exact) mass is 254 g/mol. The van der Waals surface area contributed by atoms with E-state index in [4.69, 9.17) is 5.14 Å². The van der Waals surface area contributed by atoms with Crippen LogP contribution in [0.4, 0.5) is 5.69 Å². The van der Waals surface area contributed by atoms with E-state index in [0.717, 1.165) is 5.69 Å². The molecule has 1 amide bonds. The van der Waals surface area contributed by atoms with Crippen molar-refractivity contribution in [1.82, 2.24) is 0 Å². The first-order valence-corrected chi connectivity index (χ1v) is 7.03. The lowest BCUT2D eigenvalue weighted by atomic mass is 10.1. The molecule has 0 aliphatic carbocycles. The summed E-state index contributed by atoms with van der Waals surface area (Å²) in [4.78, 5) is 13.4. The van der Waals surface area contributed by atoms with E-state index >= 15 is 0 Å². The first-order valence-electron chi connectivity index (χ1n) is 5.31. The highest BCUT2D eigenvalue weighted by atomic mass is 32.2. The van der Waals surface area contributed by atoms with Crippen LogP contribution in [0.1, 0.15) is 6.42 Å². The predicted molar refractivity (Wildman–Crippen MR) is 64.9 cm³/mol. The van der Waals surface area contributed by atoms with Crippen molar-refractivity contribution in [2.24, 2.45) is 11.1 Å². The molecular weight excluding hydrogens is 240 g/mol. The fourth-order valence-corrected chi connectivity index (χ4v) is 2.96. The van der Waals surface area contributed by atoms with Crippen LogP contribution < -0.4 is 10.0 Å². The van der Waals surface area contributed by atoms with Crippen molar-refractivity contribution in [3.63, 3.8) is 0 Å². The molecule has 1 saturated heterocycles. The Hall–Kier alpha value is -1.40. The molecule has 1 aromatic rings. The first kappa shape index (κ1) is 12.1. The molecule has 1 unspecified atom stereocenters. The number of benzene rings is 1. The van der Waals surface area contributed by atoms with Crippen molar-refractivity contribution in [2.75, 3.05) is 17.2 Å². The number of amides is 1. The maximum atomic E-state index is 11.8. The molecule has 2 rings (SSSR count). The molecule has 1 fully saturated rings. The molecule has 92 valence electrons. The summed E-state index contributed by atoms with van der Waals surface area (Å²) in [5.41, 5.74) is 0.800. The molecule has 1 heterocycles. The number of primary sulfonamides is 1. The zero-order valence-electron chi connectivity index (χ0n) is 9.24. The molecule has 1 aromatic carbocycles. The van der Waals surface area contributed by atoms with Gasteiger partial charge in [0.25, 0.3) is 0 Å². The summed E-state index contributed by atoms with van der Waals surface area (Å²) < 4.78 is 22.0. The van der Waals surface area contributed by atoms with Gasteiger partial charge in [-0.1, -0.05) is 18.2 Å². The van der Waals surface area contributed by atoms with Gasteiger partial charge in [0.15, 0.2) is 0 Å². The lowest BCUT2D eigenvalue weighted by Crippen LogP contribution is -2.27. The van der Waals surface area contributed by atoms with Crippen molar-refractivity contribution in [3.05, 3.63) is 30.3 Å². The van der Waals surface area contributed by atoms with Gasteiger partial charge < -0.3 is 4.90 Å². The van der Waals surface area contributed by atoms with E-state index in [1.165, 1.54) is 0 Å². The SMILES string of the molecule is NS(=O)(=O)CC1CC(=O)N(c2ccccc2)C1. The summed E-state index contributed by atoms with van der Waals surface area (Å²) in [6, 6.07) is 9.21. The highest BCUT2D eigenvalue weighted by Gasteiger charge is 2.32. The molecule has 0 radical (unpaired) electrons. The number of nitrogens with two attached hydrogens (primary N) is 1. The summed E-state index contributed by atoms with van der Waals surface area (Å²) in [5, 5.41) is 4.99. The van der Waals surface area contributed by atoms with Gasteiger partial charge in [-0.2, -0.15) is 0 Å². The lowest BCUT2D eigenvalue weighted by molar-refractivity contribution is -0.117. The molecule has 2 N–H and O–H groups in total. The highest BCUT2D eigenvalue weighted by molar-refractivity contribution is 7.89. The molecule has 1 aliphatic heterocycles. The van der Waals surface area contributed by atoms with E-state index < -0.39 is 10.0 Å².